The van der Waals surface area contributed by atoms with Crippen molar-refractivity contribution < 1.29 is 8.42 Å². The van der Waals surface area contributed by atoms with Crippen molar-refractivity contribution in [2.45, 2.75) is 31.8 Å². The fraction of sp³-hybridized carbons (Fsp3) is 0.600. The summed E-state index contributed by atoms with van der Waals surface area (Å²) in [6, 6.07) is 1.68. The number of nitrogens with one attached hydrogen (secondary N) is 1. The molecule has 0 aromatic carbocycles. The van der Waals surface area contributed by atoms with Gasteiger partial charge in [0.2, 0.25) is 0 Å². The summed E-state index contributed by atoms with van der Waals surface area (Å²) in [5.74, 6) is 0.980. The predicted molar refractivity (Wildman–Crippen MR) is 63.1 cm³/mol. The third-order valence-electron chi connectivity index (χ3n) is 2.40. The molecule has 0 fully saturated rings. The first-order chi connectivity index (χ1) is 7.30. The van der Waals surface area contributed by atoms with Gasteiger partial charge in [0.15, 0.2) is 14.9 Å². The molecule has 0 radical (unpaired) electrons. The SMILES string of the molecule is CC(C)C(C)Nc1cc(S(C)(=O)=O)ncn1. The highest BCUT2D eigenvalue weighted by Gasteiger charge is 2.12. The number of hydrogen-bond acceptors (Lipinski definition) is 5. The third-order valence-corrected chi connectivity index (χ3v) is 3.38. The predicted octanol–water partition coefficient (Wildman–Crippen LogP) is 1.34. The summed E-state index contributed by atoms with van der Waals surface area (Å²) in [6.07, 6.45) is 2.39. The van der Waals surface area contributed by atoms with Gasteiger partial charge in [-0.05, 0) is 12.8 Å². The van der Waals surface area contributed by atoms with Crippen LogP contribution in [0.1, 0.15) is 20.8 Å². The zero-order chi connectivity index (χ0) is 12.3. The highest BCUT2D eigenvalue weighted by atomic mass is 32.2. The quantitative estimate of drug-likeness (QED) is 0.808. The molecule has 16 heavy (non-hydrogen) atoms. The van der Waals surface area contributed by atoms with Gasteiger partial charge in [0, 0.05) is 18.4 Å². The summed E-state index contributed by atoms with van der Waals surface area (Å²) >= 11 is 0. The van der Waals surface area contributed by atoms with Crippen LogP contribution in [0.15, 0.2) is 17.4 Å². The van der Waals surface area contributed by atoms with E-state index in [1.807, 2.05) is 6.92 Å². The smallest absolute Gasteiger partial charge is 0.192 e. The molecule has 0 aliphatic carbocycles. The van der Waals surface area contributed by atoms with Crippen LogP contribution in [-0.2, 0) is 9.84 Å². The maximum Gasteiger partial charge on any atom is 0.192 e. The molecule has 0 saturated carbocycles. The minimum absolute atomic E-state index is 0.0426. The molecule has 6 heteroatoms. The lowest BCUT2D eigenvalue weighted by Crippen LogP contribution is -2.22. The van der Waals surface area contributed by atoms with Crippen LogP contribution in [0.5, 0.6) is 0 Å². The van der Waals surface area contributed by atoms with Gasteiger partial charge in [0.25, 0.3) is 0 Å². The Hall–Kier alpha value is -1.17. The summed E-state index contributed by atoms with van der Waals surface area (Å²) in [4.78, 5) is 7.71. The molecule has 1 atom stereocenters. The molecule has 1 heterocycles. The summed E-state index contributed by atoms with van der Waals surface area (Å²) in [5, 5.41) is 3.18. The molecule has 1 aromatic rings. The minimum Gasteiger partial charge on any atom is -0.367 e. The van der Waals surface area contributed by atoms with Gasteiger partial charge >= 0.3 is 0 Å². The molecule has 1 unspecified atom stereocenters. The van der Waals surface area contributed by atoms with Gasteiger partial charge in [-0.25, -0.2) is 18.4 Å². The van der Waals surface area contributed by atoms with Crippen LogP contribution in [0.3, 0.4) is 0 Å². The van der Waals surface area contributed by atoms with E-state index in [1.165, 1.54) is 12.4 Å². The van der Waals surface area contributed by atoms with Crippen molar-refractivity contribution in [3.05, 3.63) is 12.4 Å². The van der Waals surface area contributed by atoms with E-state index >= 15 is 0 Å². The average Bonchev–Trinajstić information content (AvgIpc) is 2.16. The second-order valence-electron chi connectivity index (χ2n) is 4.19. The Balaban J connectivity index is 2.92. The first-order valence-electron chi connectivity index (χ1n) is 5.09. The van der Waals surface area contributed by atoms with Gasteiger partial charge in [-0.1, -0.05) is 13.8 Å². The van der Waals surface area contributed by atoms with Gasteiger partial charge in [-0.15, -0.1) is 0 Å². The van der Waals surface area contributed by atoms with Crippen molar-refractivity contribution in [3.8, 4) is 0 Å². The molecule has 0 saturated heterocycles. The zero-order valence-electron chi connectivity index (χ0n) is 9.93. The largest absolute Gasteiger partial charge is 0.367 e. The summed E-state index contributed by atoms with van der Waals surface area (Å²) < 4.78 is 22.6. The summed E-state index contributed by atoms with van der Waals surface area (Å²) in [7, 11) is -3.27. The van der Waals surface area contributed by atoms with Crippen molar-refractivity contribution in [1.82, 2.24) is 9.97 Å². The number of rotatable bonds is 4. The van der Waals surface area contributed by atoms with E-state index in [4.69, 9.17) is 0 Å². The highest BCUT2D eigenvalue weighted by Crippen LogP contribution is 2.12. The Morgan fingerprint density at radius 2 is 1.88 bits per heavy atom. The Bertz CT molecular complexity index is 457. The second-order valence-corrected chi connectivity index (χ2v) is 6.15. The van der Waals surface area contributed by atoms with Crippen LogP contribution < -0.4 is 5.32 Å². The molecule has 0 aliphatic rings. The van der Waals surface area contributed by atoms with E-state index in [1.54, 1.807) is 0 Å². The van der Waals surface area contributed by atoms with Crippen LogP contribution in [-0.4, -0.2) is 30.7 Å². The van der Waals surface area contributed by atoms with E-state index in [0.717, 1.165) is 6.26 Å². The van der Waals surface area contributed by atoms with Gasteiger partial charge in [-0.3, -0.25) is 0 Å². The molecule has 0 bridgehead atoms. The maximum absolute atomic E-state index is 11.3. The number of hydrogen-bond donors (Lipinski definition) is 1. The third kappa shape index (κ3) is 3.44. The fourth-order valence-electron chi connectivity index (χ4n) is 1.02. The molecular formula is C10H17N3O2S. The van der Waals surface area contributed by atoms with Crippen molar-refractivity contribution in [2.24, 2.45) is 5.92 Å². The van der Waals surface area contributed by atoms with Crippen LogP contribution in [0, 0.1) is 5.92 Å². The minimum atomic E-state index is -3.27. The zero-order valence-corrected chi connectivity index (χ0v) is 10.7. The van der Waals surface area contributed by atoms with E-state index < -0.39 is 9.84 Å². The fourth-order valence-corrected chi connectivity index (χ4v) is 1.59. The molecule has 0 aliphatic heterocycles. The van der Waals surface area contributed by atoms with E-state index in [9.17, 15) is 8.42 Å². The number of anilines is 1. The lowest BCUT2D eigenvalue weighted by atomic mass is 10.1. The lowest BCUT2D eigenvalue weighted by Gasteiger charge is -2.17. The van der Waals surface area contributed by atoms with Crippen molar-refractivity contribution in [3.63, 3.8) is 0 Å². The number of aromatic nitrogens is 2. The Labute approximate surface area is 96.2 Å². The monoisotopic (exact) mass is 243 g/mol. The van der Waals surface area contributed by atoms with E-state index in [-0.39, 0.29) is 11.1 Å². The Morgan fingerprint density at radius 3 is 2.38 bits per heavy atom. The first kappa shape index (κ1) is 12.9. The van der Waals surface area contributed by atoms with E-state index in [2.05, 4.69) is 29.1 Å². The molecule has 1 aromatic heterocycles. The van der Waals surface area contributed by atoms with Gasteiger partial charge in [0.05, 0.1) is 0 Å². The second kappa shape index (κ2) is 4.78. The van der Waals surface area contributed by atoms with Crippen LogP contribution in [0.4, 0.5) is 5.82 Å². The van der Waals surface area contributed by atoms with Crippen LogP contribution in [0.25, 0.3) is 0 Å². The first-order valence-corrected chi connectivity index (χ1v) is 6.98. The normalized spacial score (nSPS) is 13.8. The molecule has 90 valence electrons. The summed E-state index contributed by atoms with van der Waals surface area (Å²) in [5.41, 5.74) is 0. The molecule has 0 spiro atoms. The van der Waals surface area contributed by atoms with Gasteiger partial charge in [-0.2, -0.15) is 0 Å². The Morgan fingerprint density at radius 1 is 1.25 bits per heavy atom. The van der Waals surface area contributed by atoms with Crippen molar-refractivity contribution in [2.75, 3.05) is 11.6 Å². The molecular weight excluding hydrogens is 226 g/mol. The molecule has 1 rings (SSSR count). The van der Waals surface area contributed by atoms with Gasteiger partial charge in [0.1, 0.15) is 12.1 Å². The average molecular weight is 243 g/mol. The maximum atomic E-state index is 11.3. The van der Waals surface area contributed by atoms with Crippen LogP contribution >= 0.6 is 0 Å². The van der Waals surface area contributed by atoms with Gasteiger partial charge < -0.3 is 5.32 Å². The molecule has 5 nitrogen and oxygen atoms in total. The van der Waals surface area contributed by atoms with Crippen molar-refractivity contribution in [1.29, 1.82) is 0 Å². The molecule has 0 amide bonds. The standard InChI is InChI=1S/C10H17N3O2S/c1-7(2)8(3)13-9-5-10(12-6-11-9)16(4,14)15/h5-8H,1-4H3,(H,11,12,13). The highest BCUT2D eigenvalue weighted by molar-refractivity contribution is 7.90. The van der Waals surface area contributed by atoms with E-state index in [0.29, 0.717) is 11.7 Å². The molecule has 1 N–H and O–H groups in total. The van der Waals surface area contributed by atoms with Crippen LogP contribution in [0.2, 0.25) is 0 Å². The summed E-state index contributed by atoms with van der Waals surface area (Å²) in [6.45, 7) is 6.18. The number of sulfone groups is 1. The topological polar surface area (TPSA) is 72.0 Å². The number of nitrogens with zero attached hydrogens (tertiary/aromatic N) is 2. The van der Waals surface area contributed by atoms with Crippen molar-refractivity contribution >= 4 is 15.7 Å². The Kier molecular flexibility index (Phi) is 3.85. The lowest BCUT2D eigenvalue weighted by molar-refractivity contribution is 0.557.